The number of nitriles is 1. The van der Waals surface area contributed by atoms with Gasteiger partial charge in [0.1, 0.15) is 23.4 Å². The van der Waals surface area contributed by atoms with Crippen LogP contribution in [0.15, 0.2) is 36.5 Å². The molecule has 0 spiro atoms. The van der Waals surface area contributed by atoms with Crippen LogP contribution >= 0.6 is 0 Å². The lowest BCUT2D eigenvalue weighted by molar-refractivity contribution is 0.391. The molecule has 0 radical (unpaired) electrons. The fourth-order valence-electron chi connectivity index (χ4n) is 2.10. The van der Waals surface area contributed by atoms with Gasteiger partial charge in [0, 0.05) is 31.4 Å². The van der Waals surface area contributed by atoms with Gasteiger partial charge in [-0.1, -0.05) is 0 Å². The van der Waals surface area contributed by atoms with Gasteiger partial charge in [0.15, 0.2) is 0 Å². The number of nitrogens with zero attached hydrogens (tertiary/aromatic N) is 3. The molecule has 0 aliphatic rings. The number of hydrogen-bond acceptors (Lipinski definition) is 5. The number of ether oxygens (including phenoxy) is 2. The van der Waals surface area contributed by atoms with Gasteiger partial charge in [-0.05, 0) is 24.3 Å². The van der Waals surface area contributed by atoms with Gasteiger partial charge in [0.05, 0.1) is 19.8 Å². The van der Waals surface area contributed by atoms with E-state index in [1.807, 2.05) is 30.1 Å². The Morgan fingerprint density at radius 1 is 1.24 bits per heavy atom. The molecule has 0 aliphatic heterocycles. The number of benzene rings is 1. The number of aromatic nitrogens is 1. The third-order valence-electron chi connectivity index (χ3n) is 3.17. The van der Waals surface area contributed by atoms with Gasteiger partial charge in [-0.25, -0.2) is 4.98 Å². The van der Waals surface area contributed by atoms with E-state index in [-0.39, 0.29) is 0 Å². The topological polar surface area (TPSA) is 58.4 Å². The highest BCUT2D eigenvalue weighted by atomic mass is 16.5. The van der Waals surface area contributed by atoms with Crippen LogP contribution < -0.4 is 14.4 Å². The summed E-state index contributed by atoms with van der Waals surface area (Å²) in [5.74, 6) is 2.14. The first kappa shape index (κ1) is 14.7. The Bertz CT molecular complexity index is 665. The highest BCUT2D eigenvalue weighted by Crippen LogP contribution is 2.27. The lowest BCUT2D eigenvalue weighted by Crippen LogP contribution is -2.19. The number of hydrogen-bond donors (Lipinski definition) is 0. The summed E-state index contributed by atoms with van der Waals surface area (Å²) < 4.78 is 10.6. The van der Waals surface area contributed by atoms with E-state index in [0.29, 0.717) is 17.9 Å². The molecule has 0 saturated heterocycles. The largest absolute Gasteiger partial charge is 0.497 e. The average molecular weight is 283 g/mol. The lowest BCUT2D eigenvalue weighted by Gasteiger charge is -2.20. The van der Waals surface area contributed by atoms with Crippen molar-refractivity contribution >= 4 is 5.82 Å². The van der Waals surface area contributed by atoms with Crippen LogP contribution in [-0.4, -0.2) is 26.3 Å². The van der Waals surface area contributed by atoms with Crippen molar-refractivity contribution in [3.63, 3.8) is 0 Å². The minimum absolute atomic E-state index is 0.549. The standard InChI is InChI=1S/C16H17N3O2/c1-19(16-12(10-17)5-4-8-18-16)11-13-6-7-14(20-2)9-15(13)21-3/h4-9H,11H2,1-3H3. The second-order valence-electron chi connectivity index (χ2n) is 4.52. The molecule has 0 N–H and O–H groups in total. The van der Waals surface area contributed by atoms with Crippen molar-refractivity contribution in [2.45, 2.75) is 6.54 Å². The molecule has 5 heteroatoms. The Morgan fingerprint density at radius 2 is 2.05 bits per heavy atom. The molecule has 108 valence electrons. The maximum Gasteiger partial charge on any atom is 0.146 e. The van der Waals surface area contributed by atoms with Crippen LogP contribution in [0, 0.1) is 11.3 Å². The molecule has 0 unspecified atom stereocenters. The van der Waals surface area contributed by atoms with Crippen molar-refractivity contribution in [1.82, 2.24) is 4.98 Å². The first-order chi connectivity index (χ1) is 10.2. The quantitative estimate of drug-likeness (QED) is 0.844. The highest BCUT2D eigenvalue weighted by molar-refractivity contribution is 5.54. The summed E-state index contributed by atoms with van der Waals surface area (Å²) in [5.41, 5.74) is 1.54. The van der Waals surface area contributed by atoms with Gasteiger partial charge in [0.25, 0.3) is 0 Å². The summed E-state index contributed by atoms with van der Waals surface area (Å²) in [7, 11) is 5.14. The van der Waals surface area contributed by atoms with E-state index in [1.54, 1.807) is 32.5 Å². The van der Waals surface area contributed by atoms with E-state index in [0.717, 1.165) is 17.1 Å². The summed E-state index contributed by atoms with van der Waals surface area (Å²) in [6, 6.07) is 11.3. The van der Waals surface area contributed by atoms with Crippen molar-refractivity contribution in [1.29, 1.82) is 5.26 Å². The first-order valence-electron chi connectivity index (χ1n) is 6.46. The third kappa shape index (κ3) is 3.23. The number of rotatable bonds is 5. The fraction of sp³-hybridized carbons (Fsp3) is 0.250. The summed E-state index contributed by atoms with van der Waals surface area (Å²) in [5, 5.41) is 9.14. The molecule has 1 heterocycles. The first-order valence-corrected chi connectivity index (χ1v) is 6.46. The zero-order valence-corrected chi connectivity index (χ0v) is 12.3. The van der Waals surface area contributed by atoms with Crippen molar-refractivity contribution < 1.29 is 9.47 Å². The molecule has 0 atom stereocenters. The molecule has 0 bridgehead atoms. The molecule has 1 aromatic heterocycles. The SMILES string of the molecule is COc1ccc(CN(C)c2ncccc2C#N)c(OC)c1. The van der Waals surface area contributed by atoms with Gasteiger partial charge in [-0.3, -0.25) is 0 Å². The normalized spacial score (nSPS) is 9.81. The smallest absolute Gasteiger partial charge is 0.146 e. The summed E-state index contributed by atoms with van der Waals surface area (Å²) >= 11 is 0. The van der Waals surface area contributed by atoms with E-state index in [2.05, 4.69) is 11.1 Å². The zero-order valence-electron chi connectivity index (χ0n) is 12.3. The van der Waals surface area contributed by atoms with Gasteiger partial charge in [-0.2, -0.15) is 5.26 Å². The van der Waals surface area contributed by atoms with E-state index in [4.69, 9.17) is 14.7 Å². The molecule has 2 rings (SSSR count). The highest BCUT2D eigenvalue weighted by Gasteiger charge is 2.12. The Kier molecular flexibility index (Phi) is 4.62. The summed E-state index contributed by atoms with van der Waals surface area (Å²) in [6.07, 6.45) is 1.68. The maximum atomic E-state index is 9.14. The molecule has 0 saturated carbocycles. The van der Waals surface area contributed by atoms with Crippen molar-refractivity contribution in [3.8, 4) is 17.6 Å². The molecule has 0 amide bonds. The van der Waals surface area contributed by atoms with E-state index >= 15 is 0 Å². The molecular weight excluding hydrogens is 266 g/mol. The Hall–Kier alpha value is -2.74. The third-order valence-corrected chi connectivity index (χ3v) is 3.17. The van der Waals surface area contributed by atoms with Gasteiger partial charge in [-0.15, -0.1) is 0 Å². The Labute approximate surface area is 124 Å². The number of pyridine rings is 1. The predicted molar refractivity (Wildman–Crippen MR) is 80.6 cm³/mol. The zero-order chi connectivity index (χ0) is 15.2. The molecule has 2 aromatic rings. The molecule has 21 heavy (non-hydrogen) atoms. The molecule has 1 aromatic carbocycles. The molecular formula is C16H17N3O2. The van der Waals surface area contributed by atoms with E-state index < -0.39 is 0 Å². The maximum absolute atomic E-state index is 9.14. The lowest BCUT2D eigenvalue weighted by atomic mass is 10.1. The van der Waals surface area contributed by atoms with Crippen molar-refractivity contribution in [2.24, 2.45) is 0 Å². The van der Waals surface area contributed by atoms with E-state index in [1.165, 1.54) is 0 Å². The van der Waals surface area contributed by atoms with Crippen LogP contribution in [0.1, 0.15) is 11.1 Å². The van der Waals surface area contributed by atoms with E-state index in [9.17, 15) is 0 Å². The van der Waals surface area contributed by atoms with Crippen LogP contribution in [0.5, 0.6) is 11.5 Å². The van der Waals surface area contributed by atoms with Gasteiger partial charge < -0.3 is 14.4 Å². The minimum Gasteiger partial charge on any atom is -0.497 e. The molecule has 0 fully saturated rings. The molecule has 0 aliphatic carbocycles. The van der Waals surface area contributed by atoms with Crippen LogP contribution in [0.25, 0.3) is 0 Å². The van der Waals surface area contributed by atoms with Gasteiger partial charge >= 0.3 is 0 Å². The Balaban J connectivity index is 2.27. The minimum atomic E-state index is 0.549. The predicted octanol–water partition coefficient (Wildman–Crippen LogP) is 2.61. The average Bonchev–Trinajstić information content (AvgIpc) is 2.55. The molecule has 5 nitrogen and oxygen atoms in total. The Morgan fingerprint density at radius 3 is 2.71 bits per heavy atom. The summed E-state index contributed by atoms with van der Waals surface area (Å²) in [4.78, 5) is 6.19. The van der Waals surface area contributed by atoms with Crippen molar-refractivity contribution in [3.05, 3.63) is 47.7 Å². The van der Waals surface area contributed by atoms with Crippen LogP contribution in [0.3, 0.4) is 0 Å². The van der Waals surface area contributed by atoms with Crippen molar-refractivity contribution in [2.75, 3.05) is 26.2 Å². The fourth-order valence-corrected chi connectivity index (χ4v) is 2.10. The number of methoxy groups -OCH3 is 2. The summed E-state index contributed by atoms with van der Waals surface area (Å²) in [6.45, 7) is 0.582. The second-order valence-corrected chi connectivity index (χ2v) is 4.52. The second kappa shape index (κ2) is 6.62. The monoisotopic (exact) mass is 283 g/mol. The van der Waals surface area contributed by atoms with Crippen LogP contribution in [0.4, 0.5) is 5.82 Å². The van der Waals surface area contributed by atoms with Crippen LogP contribution in [0.2, 0.25) is 0 Å². The van der Waals surface area contributed by atoms with Crippen LogP contribution in [-0.2, 0) is 6.54 Å². The number of anilines is 1. The van der Waals surface area contributed by atoms with Gasteiger partial charge in [0.2, 0.25) is 0 Å².